The molecule has 0 aromatic heterocycles. The molecule has 0 atom stereocenters. The van der Waals surface area contributed by atoms with E-state index in [4.69, 9.17) is 9.47 Å². The molecule has 42 heavy (non-hydrogen) atoms. The zero-order valence-electron chi connectivity index (χ0n) is 27.8. The van der Waals surface area contributed by atoms with E-state index in [1.54, 1.807) is 0 Å². The summed E-state index contributed by atoms with van der Waals surface area (Å²) >= 11 is 0. The van der Waals surface area contributed by atoms with E-state index in [2.05, 4.69) is 62.4 Å². The topological polar surface area (TPSA) is 18.5 Å². The molecule has 2 aromatic carbocycles. The molecule has 0 unspecified atom stereocenters. The van der Waals surface area contributed by atoms with Crippen LogP contribution in [-0.2, 0) is 12.8 Å². The SMILES string of the molecule is CCCCCCCCCCCCOc1ccc(CCCCc2ccc(OCCCCCCCCCCCC)cc2)cc1. The van der Waals surface area contributed by atoms with Crippen LogP contribution in [0.1, 0.15) is 166 Å². The predicted molar refractivity (Wildman–Crippen MR) is 184 cm³/mol. The van der Waals surface area contributed by atoms with Crippen LogP contribution >= 0.6 is 0 Å². The van der Waals surface area contributed by atoms with E-state index in [9.17, 15) is 0 Å². The zero-order chi connectivity index (χ0) is 29.8. The third-order valence-electron chi connectivity index (χ3n) is 8.56. The molecule has 0 heterocycles. The average molecular weight is 579 g/mol. The van der Waals surface area contributed by atoms with Gasteiger partial charge in [-0.15, -0.1) is 0 Å². The largest absolute Gasteiger partial charge is 0.494 e. The maximum absolute atomic E-state index is 5.98. The van der Waals surface area contributed by atoms with Gasteiger partial charge in [0.05, 0.1) is 13.2 Å². The van der Waals surface area contributed by atoms with Gasteiger partial charge in [-0.25, -0.2) is 0 Å². The lowest BCUT2D eigenvalue weighted by molar-refractivity contribution is 0.304. The van der Waals surface area contributed by atoms with Crippen molar-refractivity contribution in [1.29, 1.82) is 0 Å². The summed E-state index contributed by atoms with van der Waals surface area (Å²) in [5.41, 5.74) is 2.83. The molecule has 0 spiro atoms. The van der Waals surface area contributed by atoms with Crippen molar-refractivity contribution in [2.24, 2.45) is 0 Å². The van der Waals surface area contributed by atoms with Gasteiger partial charge in [-0.1, -0.05) is 154 Å². The molecule has 0 aliphatic carbocycles. The van der Waals surface area contributed by atoms with Crippen molar-refractivity contribution in [3.05, 3.63) is 59.7 Å². The van der Waals surface area contributed by atoms with Crippen molar-refractivity contribution >= 4 is 0 Å². The monoisotopic (exact) mass is 579 g/mol. The van der Waals surface area contributed by atoms with Crippen molar-refractivity contribution in [2.75, 3.05) is 13.2 Å². The van der Waals surface area contributed by atoms with Gasteiger partial charge in [0.25, 0.3) is 0 Å². The van der Waals surface area contributed by atoms with E-state index < -0.39 is 0 Å². The van der Waals surface area contributed by atoms with Gasteiger partial charge in [-0.2, -0.15) is 0 Å². The highest BCUT2D eigenvalue weighted by molar-refractivity contribution is 5.28. The fraction of sp³-hybridized carbons (Fsp3) is 0.700. The van der Waals surface area contributed by atoms with Crippen LogP contribution in [0.5, 0.6) is 11.5 Å². The van der Waals surface area contributed by atoms with Crippen molar-refractivity contribution in [3.63, 3.8) is 0 Å². The Balaban J connectivity index is 1.42. The smallest absolute Gasteiger partial charge is 0.119 e. The van der Waals surface area contributed by atoms with Gasteiger partial charge in [-0.3, -0.25) is 0 Å². The van der Waals surface area contributed by atoms with Gasteiger partial charge < -0.3 is 9.47 Å². The average Bonchev–Trinajstić information content (AvgIpc) is 3.02. The number of rotatable bonds is 29. The van der Waals surface area contributed by atoms with Crippen molar-refractivity contribution in [1.82, 2.24) is 0 Å². The molecule has 0 saturated carbocycles. The first-order valence-electron chi connectivity index (χ1n) is 18.2. The minimum absolute atomic E-state index is 0.846. The maximum Gasteiger partial charge on any atom is 0.119 e. The van der Waals surface area contributed by atoms with Gasteiger partial charge >= 0.3 is 0 Å². The molecule has 0 fully saturated rings. The highest BCUT2D eigenvalue weighted by Crippen LogP contribution is 2.18. The standard InChI is InChI=1S/C40H66O2/c1-3-5-7-9-11-13-15-17-19-23-35-41-39-31-27-37(28-32-39)25-21-22-26-38-29-33-40(34-30-38)42-36-24-20-18-16-14-12-10-8-6-4-2/h27-34H,3-26,35-36H2,1-2H3. The van der Waals surface area contributed by atoms with E-state index in [-0.39, 0.29) is 0 Å². The number of aryl methyl sites for hydroxylation is 2. The summed E-state index contributed by atoms with van der Waals surface area (Å²) in [5, 5.41) is 0. The molecule has 0 radical (unpaired) electrons. The molecule has 0 amide bonds. The lowest BCUT2D eigenvalue weighted by Crippen LogP contribution is -1.98. The first kappa shape index (κ1) is 36.2. The first-order valence-corrected chi connectivity index (χ1v) is 18.2. The van der Waals surface area contributed by atoms with E-state index >= 15 is 0 Å². The first-order chi connectivity index (χ1) is 20.8. The summed E-state index contributed by atoms with van der Waals surface area (Å²) in [7, 11) is 0. The summed E-state index contributed by atoms with van der Waals surface area (Å²) in [6.45, 7) is 6.27. The molecule has 2 aromatic rings. The molecule has 2 heteroatoms. The third-order valence-corrected chi connectivity index (χ3v) is 8.56. The highest BCUT2D eigenvalue weighted by atomic mass is 16.5. The van der Waals surface area contributed by atoms with Gasteiger partial charge in [0.2, 0.25) is 0 Å². The number of hydrogen-bond acceptors (Lipinski definition) is 2. The summed E-state index contributed by atoms with van der Waals surface area (Å²) in [6.07, 6.45) is 32.0. The molecule has 0 aliphatic rings. The Hall–Kier alpha value is -1.96. The molecule has 0 aliphatic heterocycles. The van der Waals surface area contributed by atoms with Crippen molar-refractivity contribution < 1.29 is 9.47 Å². The Bertz CT molecular complexity index is 754. The van der Waals surface area contributed by atoms with E-state index in [0.717, 1.165) is 37.6 Å². The second-order valence-corrected chi connectivity index (χ2v) is 12.6. The van der Waals surface area contributed by atoms with Gasteiger partial charge in [0.15, 0.2) is 0 Å². The second-order valence-electron chi connectivity index (χ2n) is 12.6. The quantitative estimate of drug-likeness (QED) is 0.0894. The van der Waals surface area contributed by atoms with Crippen LogP contribution in [0.3, 0.4) is 0 Å². The van der Waals surface area contributed by atoms with E-state index in [0.29, 0.717) is 0 Å². The minimum atomic E-state index is 0.846. The maximum atomic E-state index is 5.98. The van der Waals surface area contributed by atoms with Crippen LogP contribution in [0.4, 0.5) is 0 Å². The Morgan fingerprint density at radius 2 is 0.619 bits per heavy atom. The Morgan fingerprint density at radius 3 is 0.929 bits per heavy atom. The second kappa shape index (κ2) is 26.7. The van der Waals surface area contributed by atoms with Gasteiger partial charge in [0.1, 0.15) is 11.5 Å². The molecule has 238 valence electrons. The summed E-state index contributed by atoms with van der Waals surface area (Å²) in [4.78, 5) is 0. The van der Waals surface area contributed by atoms with Gasteiger partial charge in [0, 0.05) is 0 Å². The van der Waals surface area contributed by atoms with Crippen LogP contribution < -0.4 is 9.47 Å². The van der Waals surface area contributed by atoms with Crippen LogP contribution in [0.25, 0.3) is 0 Å². The van der Waals surface area contributed by atoms with Crippen molar-refractivity contribution in [2.45, 2.75) is 168 Å². The van der Waals surface area contributed by atoms with Crippen LogP contribution in [0.2, 0.25) is 0 Å². The van der Waals surface area contributed by atoms with Gasteiger partial charge in [-0.05, 0) is 73.9 Å². The van der Waals surface area contributed by atoms with Crippen LogP contribution in [-0.4, -0.2) is 13.2 Å². The van der Waals surface area contributed by atoms with E-state index in [1.165, 1.54) is 152 Å². The lowest BCUT2D eigenvalue weighted by Gasteiger charge is -2.08. The molecule has 2 nitrogen and oxygen atoms in total. The Kier molecular flexibility index (Phi) is 23.0. The summed E-state index contributed by atoms with van der Waals surface area (Å²) in [5.74, 6) is 2.04. The number of hydrogen-bond donors (Lipinski definition) is 0. The van der Waals surface area contributed by atoms with Crippen LogP contribution in [0.15, 0.2) is 48.5 Å². The highest BCUT2D eigenvalue weighted by Gasteiger charge is 2.01. The summed E-state index contributed by atoms with van der Waals surface area (Å²) < 4.78 is 12.0. The normalized spacial score (nSPS) is 11.2. The molecule has 0 saturated heterocycles. The molecule has 0 N–H and O–H groups in total. The predicted octanol–water partition coefficient (Wildman–Crippen LogP) is 12.9. The number of ether oxygens (including phenoxy) is 2. The molecule has 2 rings (SSSR count). The fourth-order valence-corrected chi connectivity index (χ4v) is 5.72. The fourth-order valence-electron chi connectivity index (χ4n) is 5.72. The van der Waals surface area contributed by atoms with Crippen molar-refractivity contribution in [3.8, 4) is 11.5 Å². The molecular formula is C40H66O2. The Labute approximate surface area is 261 Å². The Morgan fingerprint density at radius 1 is 0.333 bits per heavy atom. The third kappa shape index (κ3) is 20.0. The molecular weight excluding hydrogens is 512 g/mol. The lowest BCUT2D eigenvalue weighted by atomic mass is 10.0. The van der Waals surface area contributed by atoms with Crippen LogP contribution in [0, 0.1) is 0 Å². The minimum Gasteiger partial charge on any atom is -0.494 e. The zero-order valence-corrected chi connectivity index (χ0v) is 27.8. The van der Waals surface area contributed by atoms with E-state index in [1.807, 2.05) is 0 Å². The number of unbranched alkanes of at least 4 members (excludes halogenated alkanes) is 19. The summed E-state index contributed by atoms with van der Waals surface area (Å²) in [6, 6.07) is 17.6. The number of benzene rings is 2. The molecule has 0 bridgehead atoms.